The third-order valence-corrected chi connectivity index (χ3v) is 8.75. The summed E-state index contributed by atoms with van der Waals surface area (Å²) in [6.07, 6.45) is 1.44. The van der Waals surface area contributed by atoms with E-state index in [4.69, 9.17) is 11.6 Å². The van der Waals surface area contributed by atoms with Gasteiger partial charge in [-0.2, -0.15) is 0 Å². The molecule has 0 saturated carbocycles. The predicted molar refractivity (Wildman–Crippen MR) is 150 cm³/mol. The molecule has 0 saturated heterocycles. The summed E-state index contributed by atoms with van der Waals surface area (Å²) >= 11 is 6.19. The molecule has 1 aromatic heterocycles. The lowest BCUT2D eigenvalue weighted by Gasteiger charge is -2.13. The maximum atomic E-state index is 13.1. The van der Waals surface area contributed by atoms with E-state index in [1.165, 1.54) is 48.7 Å². The van der Waals surface area contributed by atoms with Gasteiger partial charge < -0.3 is 5.32 Å². The summed E-state index contributed by atoms with van der Waals surface area (Å²) in [6, 6.07) is 16.3. The zero-order chi connectivity index (χ0) is 28.4. The number of nitrogens with zero attached hydrogens (tertiary/aromatic N) is 2. The van der Waals surface area contributed by atoms with Gasteiger partial charge in [-0.05, 0) is 86.5 Å². The normalized spacial score (nSPS) is 11.6. The van der Waals surface area contributed by atoms with Crippen molar-refractivity contribution in [2.75, 3.05) is 14.8 Å². The molecule has 4 aromatic rings. The van der Waals surface area contributed by atoms with Crippen molar-refractivity contribution in [1.29, 1.82) is 0 Å². The smallest absolute Gasteiger partial charge is 0.264 e. The molecule has 0 unspecified atom stereocenters. The zero-order valence-corrected chi connectivity index (χ0v) is 23.4. The largest absolute Gasteiger partial charge is 0.322 e. The van der Waals surface area contributed by atoms with Crippen LogP contribution in [0, 0.1) is 20.8 Å². The number of rotatable bonds is 8. The number of benzene rings is 3. The van der Waals surface area contributed by atoms with Gasteiger partial charge in [0.25, 0.3) is 26.0 Å². The predicted octanol–water partition coefficient (Wildman–Crippen LogP) is 4.91. The minimum atomic E-state index is -4.11. The lowest BCUT2D eigenvalue weighted by Crippen LogP contribution is -2.17. The quantitative estimate of drug-likeness (QED) is 0.266. The first-order valence-corrected chi connectivity index (χ1v) is 14.8. The molecule has 0 aliphatic carbocycles. The number of hydrogen-bond acceptors (Lipinski definition) is 7. The number of carbonyl (C=O) groups is 1. The minimum Gasteiger partial charge on any atom is -0.322 e. The number of aromatic nitrogens is 2. The van der Waals surface area contributed by atoms with Gasteiger partial charge in [-0.25, -0.2) is 31.5 Å². The van der Waals surface area contributed by atoms with Crippen molar-refractivity contribution in [2.45, 2.75) is 30.6 Å². The molecule has 10 nitrogen and oxygen atoms in total. The highest BCUT2D eigenvalue weighted by atomic mass is 35.5. The van der Waals surface area contributed by atoms with Gasteiger partial charge in [0.2, 0.25) is 5.95 Å². The molecule has 0 fully saturated rings. The van der Waals surface area contributed by atoms with Gasteiger partial charge >= 0.3 is 0 Å². The maximum absolute atomic E-state index is 13.1. The second-order valence-corrected chi connectivity index (χ2v) is 12.4. The molecule has 0 aliphatic heterocycles. The molecule has 0 atom stereocenters. The van der Waals surface area contributed by atoms with Crippen molar-refractivity contribution >= 4 is 54.9 Å². The maximum Gasteiger partial charge on any atom is 0.264 e. The lowest BCUT2D eigenvalue weighted by atomic mass is 10.1. The minimum absolute atomic E-state index is 0.0377. The van der Waals surface area contributed by atoms with E-state index in [-0.39, 0.29) is 26.3 Å². The number of anilines is 3. The van der Waals surface area contributed by atoms with E-state index in [1.807, 2.05) is 13.0 Å². The number of carbonyl (C=O) groups excluding carboxylic acids is 1. The van der Waals surface area contributed by atoms with Crippen LogP contribution in [0.1, 0.15) is 27.2 Å². The summed E-state index contributed by atoms with van der Waals surface area (Å²) < 4.78 is 56.3. The van der Waals surface area contributed by atoms with Crippen LogP contribution in [0.15, 0.2) is 82.7 Å². The molecule has 1 amide bonds. The summed E-state index contributed by atoms with van der Waals surface area (Å²) in [6.45, 7) is 5.31. The van der Waals surface area contributed by atoms with Crippen molar-refractivity contribution in [1.82, 2.24) is 9.97 Å². The number of aryl methyl sites for hydroxylation is 3. The topological polar surface area (TPSA) is 147 Å². The summed E-state index contributed by atoms with van der Waals surface area (Å²) in [7, 11) is -8.07. The molecule has 13 heteroatoms. The molecule has 0 radical (unpaired) electrons. The van der Waals surface area contributed by atoms with Gasteiger partial charge in [0.1, 0.15) is 4.90 Å². The Morgan fingerprint density at radius 1 is 0.821 bits per heavy atom. The number of nitrogens with one attached hydrogen (secondary N) is 3. The Labute approximate surface area is 231 Å². The molecule has 0 bridgehead atoms. The third-order valence-electron chi connectivity index (χ3n) is 5.56. The molecule has 3 N–H and O–H groups in total. The number of hydrogen-bond donors (Lipinski definition) is 3. The molecular formula is C26H24ClN5O5S2. The van der Waals surface area contributed by atoms with Crippen LogP contribution < -0.4 is 14.8 Å². The molecule has 0 aliphatic rings. The van der Waals surface area contributed by atoms with Crippen LogP contribution in [-0.2, 0) is 20.0 Å². The molecule has 0 spiro atoms. The van der Waals surface area contributed by atoms with Crippen LogP contribution in [0.25, 0.3) is 0 Å². The van der Waals surface area contributed by atoms with Crippen LogP contribution in [-0.4, -0.2) is 32.7 Å². The Bertz CT molecular complexity index is 1780. The molecule has 4 rings (SSSR count). The standard InChI is InChI=1S/C26H24ClN5O5S2/c1-16-4-5-17(2)23(14-16)31-39(36,37)24-15-19(6-11-22(24)27)25(33)30-20-7-9-21(10-8-20)38(34,35)32-26-28-13-12-18(3)29-26/h4-15,31H,1-3H3,(H,30,33)(H,28,29,32). The van der Waals surface area contributed by atoms with Crippen molar-refractivity contribution in [3.8, 4) is 0 Å². The van der Waals surface area contributed by atoms with Gasteiger partial charge in [-0.1, -0.05) is 23.7 Å². The average molecular weight is 586 g/mol. The van der Waals surface area contributed by atoms with E-state index < -0.39 is 26.0 Å². The summed E-state index contributed by atoms with van der Waals surface area (Å²) in [4.78, 5) is 20.5. The first-order chi connectivity index (χ1) is 18.3. The Morgan fingerprint density at radius 3 is 2.23 bits per heavy atom. The van der Waals surface area contributed by atoms with Gasteiger partial charge in [-0.15, -0.1) is 0 Å². The first kappa shape index (κ1) is 28.0. The average Bonchev–Trinajstić information content (AvgIpc) is 2.86. The highest BCUT2D eigenvalue weighted by molar-refractivity contribution is 7.93. The monoisotopic (exact) mass is 585 g/mol. The molecular weight excluding hydrogens is 562 g/mol. The van der Waals surface area contributed by atoms with Crippen LogP contribution in [0.4, 0.5) is 17.3 Å². The fourth-order valence-electron chi connectivity index (χ4n) is 3.49. The Hall–Kier alpha value is -4.00. The molecule has 39 heavy (non-hydrogen) atoms. The van der Waals surface area contributed by atoms with E-state index in [2.05, 4.69) is 24.7 Å². The van der Waals surface area contributed by atoms with Gasteiger partial charge in [0, 0.05) is 23.1 Å². The van der Waals surface area contributed by atoms with Crippen LogP contribution in [0.3, 0.4) is 0 Å². The Kier molecular flexibility index (Phi) is 7.91. The van der Waals surface area contributed by atoms with Gasteiger partial charge in [0.05, 0.1) is 15.6 Å². The molecule has 1 heterocycles. The lowest BCUT2D eigenvalue weighted by molar-refractivity contribution is 0.102. The van der Waals surface area contributed by atoms with Crippen LogP contribution in [0.2, 0.25) is 5.02 Å². The Morgan fingerprint density at radius 2 is 1.54 bits per heavy atom. The van der Waals surface area contributed by atoms with Crippen molar-refractivity contribution in [2.24, 2.45) is 0 Å². The molecule has 3 aromatic carbocycles. The number of amides is 1. The number of halogens is 1. The van der Waals surface area contributed by atoms with E-state index in [0.717, 1.165) is 11.1 Å². The van der Waals surface area contributed by atoms with E-state index >= 15 is 0 Å². The summed E-state index contributed by atoms with van der Waals surface area (Å²) in [5.41, 5.74) is 2.92. The second-order valence-electron chi connectivity index (χ2n) is 8.67. The van der Waals surface area contributed by atoms with Gasteiger partial charge in [-0.3, -0.25) is 9.52 Å². The van der Waals surface area contributed by atoms with Gasteiger partial charge in [0.15, 0.2) is 0 Å². The SMILES string of the molecule is Cc1ccc(C)c(NS(=O)(=O)c2cc(C(=O)Nc3ccc(S(=O)(=O)Nc4nccc(C)n4)cc3)ccc2Cl)c1. The summed E-state index contributed by atoms with van der Waals surface area (Å²) in [5, 5.41) is 2.57. The van der Waals surface area contributed by atoms with Crippen LogP contribution >= 0.6 is 11.6 Å². The van der Waals surface area contributed by atoms with Crippen LogP contribution in [0.5, 0.6) is 0 Å². The molecule has 202 valence electrons. The van der Waals surface area contributed by atoms with E-state index in [1.54, 1.807) is 32.0 Å². The highest BCUT2D eigenvalue weighted by Gasteiger charge is 2.22. The van der Waals surface area contributed by atoms with E-state index in [9.17, 15) is 21.6 Å². The Balaban J connectivity index is 1.51. The third kappa shape index (κ3) is 6.72. The summed E-state index contributed by atoms with van der Waals surface area (Å²) in [5.74, 6) is -0.676. The van der Waals surface area contributed by atoms with E-state index in [0.29, 0.717) is 17.1 Å². The fraction of sp³-hybridized carbons (Fsp3) is 0.115. The van der Waals surface area contributed by atoms with Crippen molar-refractivity contribution in [3.05, 3.63) is 100 Å². The zero-order valence-electron chi connectivity index (χ0n) is 21.1. The first-order valence-electron chi connectivity index (χ1n) is 11.5. The highest BCUT2D eigenvalue weighted by Crippen LogP contribution is 2.27. The fourth-order valence-corrected chi connectivity index (χ4v) is 6.09. The van der Waals surface area contributed by atoms with Crippen molar-refractivity contribution < 1.29 is 21.6 Å². The van der Waals surface area contributed by atoms with Crippen molar-refractivity contribution in [3.63, 3.8) is 0 Å². The second kappa shape index (κ2) is 11.0. The number of sulfonamides is 2.